The first-order chi connectivity index (χ1) is 13.4. The van der Waals surface area contributed by atoms with Gasteiger partial charge in [0.15, 0.2) is 5.96 Å². The Bertz CT molecular complexity index is 696. The summed E-state index contributed by atoms with van der Waals surface area (Å²) in [6.07, 6.45) is 5.94. The average Bonchev–Trinajstić information content (AvgIpc) is 3.40. The fourth-order valence-electron chi connectivity index (χ4n) is 2.96. The van der Waals surface area contributed by atoms with Gasteiger partial charge in [-0.1, -0.05) is 18.2 Å². The van der Waals surface area contributed by atoms with Crippen LogP contribution < -0.4 is 10.6 Å². The Morgan fingerprint density at radius 1 is 1.33 bits per heavy atom. The Morgan fingerprint density at radius 3 is 3.04 bits per heavy atom. The molecule has 7 heteroatoms. The highest BCUT2D eigenvalue weighted by Crippen LogP contribution is 2.14. The van der Waals surface area contributed by atoms with E-state index in [0.29, 0.717) is 6.54 Å². The smallest absolute Gasteiger partial charge is 0.191 e. The van der Waals surface area contributed by atoms with E-state index in [0.717, 1.165) is 63.0 Å². The molecule has 2 N–H and O–H groups in total. The summed E-state index contributed by atoms with van der Waals surface area (Å²) in [5.74, 6) is 0.817. The highest BCUT2D eigenvalue weighted by molar-refractivity contribution is 5.79. The third-order valence-electron chi connectivity index (χ3n) is 4.35. The lowest BCUT2D eigenvalue weighted by molar-refractivity contribution is 0.0420. The quantitative estimate of drug-likeness (QED) is 0.401. The molecule has 1 aliphatic rings. The Kier molecular flexibility index (Phi) is 7.68. The van der Waals surface area contributed by atoms with E-state index in [1.807, 2.05) is 29.1 Å². The number of aliphatic imine (C=N–C) groups is 1. The Hall–Kier alpha value is -2.38. The maximum atomic E-state index is 5.80. The lowest BCUT2D eigenvalue weighted by atomic mass is 10.2. The van der Waals surface area contributed by atoms with Crippen LogP contribution in [0.15, 0.2) is 47.7 Å². The van der Waals surface area contributed by atoms with Crippen molar-refractivity contribution in [1.29, 1.82) is 0 Å². The van der Waals surface area contributed by atoms with Gasteiger partial charge in [0.1, 0.15) is 0 Å². The zero-order valence-electron chi connectivity index (χ0n) is 15.9. The minimum atomic E-state index is 0.269. The number of hydrogen-bond acceptors (Lipinski definition) is 4. The van der Waals surface area contributed by atoms with Gasteiger partial charge in [-0.2, -0.15) is 5.10 Å². The van der Waals surface area contributed by atoms with Gasteiger partial charge in [-0.05, 0) is 37.5 Å². The molecule has 3 rings (SSSR count). The van der Waals surface area contributed by atoms with Crippen molar-refractivity contribution in [3.05, 3.63) is 48.3 Å². The molecular weight excluding hydrogens is 342 g/mol. The molecule has 146 valence electrons. The number of guanidine groups is 1. The lowest BCUT2D eigenvalue weighted by Crippen LogP contribution is -2.38. The summed E-state index contributed by atoms with van der Waals surface area (Å²) in [6.45, 7) is 6.58. The average molecular weight is 371 g/mol. The third-order valence-corrected chi connectivity index (χ3v) is 4.35. The Labute approximate surface area is 160 Å². The summed E-state index contributed by atoms with van der Waals surface area (Å²) in [5.41, 5.74) is 2.18. The van der Waals surface area contributed by atoms with E-state index >= 15 is 0 Å². The van der Waals surface area contributed by atoms with Crippen LogP contribution in [-0.4, -0.2) is 54.8 Å². The van der Waals surface area contributed by atoms with Gasteiger partial charge in [-0.15, -0.1) is 0 Å². The summed E-state index contributed by atoms with van der Waals surface area (Å²) in [4.78, 5) is 4.72. The molecule has 7 nitrogen and oxygen atoms in total. The van der Waals surface area contributed by atoms with Gasteiger partial charge in [0.2, 0.25) is 0 Å². The van der Waals surface area contributed by atoms with Crippen LogP contribution in [0.2, 0.25) is 0 Å². The molecule has 1 atom stereocenters. The van der Waals surface area contributed by atoms with Crippen molar-refractivity contribution in [3.63, 3.8) is 0 Å². The van der Waals surface area contributed by atoms with Crippen molar-refractivity contribution in [2.24, 2.45) is 4.99 Å². The molecule has 0 saturated carbocycles. The normalized spacial score (nSPS) is 17.2. The van der Waals surface area contributed by atoms with Crippen molar-refractivity contribution in [1.82, 2.24) is 20.4 Å². The van der Waals surface area contributed by atoms with E-state index < -0.39 is 0 Å². The molecule has 0 bridgehead atoms. The summed E-state index contributed by atoms with van der Waals surface area (Å²) in [7, 11) is 0. The molecule has 27 heavy (non-hydrogen) atoms. The van der Waals surface area contributed by atoms with Gasteiger partial charge >= 0.3 is 0 Å². The van der Waals surface area contributed by atoms with Gasteiger partial charge < -0.3 is 20.1 Å². The van der Waals surface area contributed by atoms with Crippen molar-refractivity contribution in [2.45, 2.75) is 32.4 Å². The molecule has 1 aromatic heterocycles. The van der Waals surface area contributed by atoms with Crippen molar-refractivity contribution >= 4 is 5.96 Å². The molecular formula is C20H29N5O2. The number of para-hydroxylation sites is 1. The van der Waals surface area contributed by atoms with E-state index in [-0.39, 0.29) is 6.10 Å². The van der Waals surface area contributed by atoms with E-state index in [9.17, 15) is 0 Å². The van der Waals surface area contributed by atoms with Crippen LogP contribution in [0.5, 0.6) is 0 Å². The van der Waals surface area contributed by atoms with Gasteiger partial charge in [0.05, 0.1) is 24.9 Å². The molecule has 1 aromatic carbocycles. The zero-order chi connectivity index (χ0) is 18.7. The second-order valence-electron chi connectivity index (χ2n) is 6.41. The molecule has 2 aromatic rings. The highest BCUT2D eigenvalue weighted by Gasteiger charge is 2.15. The predicted octanol–water partition coefficient (Wildman–Crippen LogP) is 2.12. The van der Waals surface area contributed by atoms with Crippen molar-refractivity contribution in [3.8, 4) is 5.69 Å². The standard InChI is InChI=1S/C20H29N5O2/c1-2-21-20(22-10-6-13-27-18-9-14-26-16-18)23-15-17-7-3-4-8-19(17)25-12-5-11-24-25/h3-5,7-8,11-12,18H,2,6,9-10,13-16H2,1H3,(H2,21,22,23). The van der Waals surface area contributed by atoms with Crippen LogP contribution in [0.3, 0.4) is 0 Å². The molecule has 1 aliphatic heterocycles. The maximum absolute atomic E-state index is 5.80. The van der Waals surface area contributed by atoms with Crippen LogP contribution >= 0.6 is 0 Å². The first kappa shape index (κ1) is 19.4. The second kappa shape index (κ2) is 10.7. The molecule has 1 fully saturated rings. The van der Waals surface area contributed by atoms with Gasteiger partial charge in [0.25, 0.3) is 0 Å². The zero-order valence-corrected chi connectivity index (χ0v) is 15.9. The fourth-order valence-corrected chi connectivity index (χ4v) is 2.96. The molecule has 0 aliphatic carbocycles. The highest BCUT2D eigenvalue weighted by atomic mass is 16.5. The number of benzene rings is 1. The minimum Gasteiger partial charge on any atom is -0.379 e. The lowest BCUT2D eigenvalue weighted by Gasteiger charge is -2.13. The van der Waals surface area contributed by atoms with Crippen molar-refractivity contribution < 1.29 is 9.47 Å². The van der Waals surface area contributed by atoms with Gasteiger partial charge in [-0.25, -0.2) is 9.67 Å². The fraction of sp³-hybridized carbons (Fsp3) is 0.500. The molecule has 0 amide bonds. The van der Waals surface area contributed by atoms with Crippen molar-refractivity contribution in [2.75, 3.05) is 32.9 Å². The van der Waals surface area contributed by atoms with Gasteiger partial charge in [-0.3, -0.25) is 0 Å². The molecule has 1 saturated heterocycles. The first-order valence-corrected chi connectivity index (χ1v) is 9.66. The molecule has 0 radical (unpaired) electrons. The van der Waals surface area contributed by atoms with Crippen LogP contribution in [0.25, 0.3) is 5.69 Å². The SMILES string of the molecule is CCNC(=NCc1ccccc1-n1cccn1)NCCCOC1CCOC1. The number of nitrogens with one attached hydrogen (secondary N) is 2. The number of hydrogen-bond donors (Lipinski definition) is 2. The van der Waals surface area contributed by atoms with Crippen LogP contribution in [0.1, 0.15) is 25.3 Å². The number of ether oxygens (including phenoxy) is 2. The molecule has 2 heterocycles. The summed E-state index contributed by atoms with van der Waals surface area (Å²) in [5, 5.41) is 11.0. The van der Waals surface area contributed by atoms with Gasteiger partial charge in [0, 0.05) is 38.7 Å². The van der Waals surface area contributed by atoms with E-state index in [2.05, 4.69) is 34.8 Å². The Balaban J connectivity index is 1.50. The summed E-state index contributed by atoms with van der Waals surface area (Å²) >= 11 is 0. The maximum Gasteiger partial charge on any atom is 0.191 e. The summed E-state index contributed by atoms with van der Waals surface area (Å²) < 4.78 is 13.0. The van der Waals surface area contributed by atoms with Crippen LogP contribution in [0.4, 0.5) is 0 Å². The summed E-state index contributed by atoms with van der Waals surface area (Å²) in [6, 6.07) is 10.1. The Morgan fingerprint density at radius 2 is 2.26 bits per heavy atom. The van der Waals surface area contributed by atoms with E-state index in [1.54, 1.807) is 6.20 Å². The number of aromatic nitrogens is 2. The molecule has 1 unspecified atom stereocenters. The number of nitrogens with zero attached hydrogens (tertiary/aromatic N) is 3. The molecule has 0 spiro atoms. The minimum absolute atomic E-state index is 0.269. The third kappa shape index (κ3) is 6.08. The van der Waals surface area contributed by atoms with Crippen LogP contribution in [-0.2, 0) is 16.0 Å². The number of rotatable bonds is 9. The van der Waals surface area contributed by atoms with Crippen LogP contribution in [0, 0.1) is 0 Å². The van der Waals surface area contributed by atoms with E-state index in [4.69, 9.17) is 14.5 Å². The monoisotopic (exact) mass is 371 g/mol. The first-order valence-electron chi connectivity index (χ1n) is 9.66. The second-order valence-corrected chi connectivity index (χ2v) is 6.41. The predicted molar refractivity (Wildman–Crippen MR) is 106 cm³/mol. The van der Waals surface area contributed by atoms with E-state index in [1.165, 1.54) is 0 Å². The topological polar surface area (TPSA) is 72.7 Å². The largest absolute Gasteiger partial charge is 0.379 e.